The summed E-state index contributed by atoms with van der Waals surface area (Å²) in [5, 5.41) is 0.665. The van der Waals surface area contributed by atoms with E-state index >= 15 is 0 Å². The van der Waals surface area contributed by atoms with Crippen LogP contribution in [0.3, 0.4) is 0 Å². The SMILES string of the molecule is Cc1cccc(CO[C@H](CN2CCN(C(=O)c3cccc(F)c3F)CC2)c2ccc(Cl)cc2)c1. The molecule has 34 heavy (non-hydrogen) atoms. The molecule has 0 saturated carbocycles. The van der Waals surface area contributed by atoms with Crippen LogP contribution in [-0.4, -0.2) is 48.4 Å². The second-order valence-electron chi connectivity index (χ2n) is 8.53. The Morgan fingerprint density at radius 1 is 1.00 bits per heavy atom. The summed E-state index contributed by atoms with van der Waals surface area (Å²) in [5.74, 6) is -2.59. The van der Waals surface area contributed by atoms with Gasteiger partial charge in [0.15, 0.2) is 11.6 Å². The summed E-state index contributed by atoms with van der Waals surface area (Å²) in [6.45, 7) is 5.26. The molecule has 1 heterocycles. The van der Waals surface area contributed by atoms with Gasteiger partial charge in [0.2, 0.25) is 0 Å². The van der Waals surface area contributed by atoms with Gasteiger partial charge in [0.05, 0.1) is 18.3 Å². The number of amides is 1. The third kappa shape index (κ3) is 6.00. The third-order valence-electron chi connectivity index (χ3n) is 6.04. The molecule has 7 heteroatoms. The van der Waals surface area contributed by atoms with Crippen molar-refractivity contribution in [2.45, 2.75) is 19.6 Å². The van der Waals surface area contributed by atoms with Crippen molar-refractivity contribution in [2.24, 2.45) is 0 Å². The van der Waals surface area contributed by atoms with Crippen molar-refractivity contribution in [3.05, 3.63) is 106 Å². The van der Waals surface area contributed by atoms with Crippen LogP contribution in [0, 0.1) is 18.6 Å². The highest BCUT2D eigenvalue weighted by atomic mass is 35.5. The summed E-state index contributed by atoms with van der Waals surface area (Å²) < 4.78 is 33.9. The lowest BCUT2D eigenvalue weighted by Gasteiger charge is -2.36. The maximum atomic E-state index is 14.1. The van der Waals surface area contributed by atoms with E-state index in [0.29, 0.717) is 44.4 Å². The monoisotopic (exact) mass is 484 g/mol. The molecule has 0 radical (unpaired) electrons. The van der Waals surface area contributed by atoms with Gasteiger partial charge in [-0.25, -0.2) is 8.78 Å². The molecule has 0 bridgehead atoms. The van der Waals surface area contributed by atoms with Gasteiger partial charge in [0.1, 0.15) is 0 Å². The molecule has 1 amide bonds. The largest absolute Gasteiger partial charge is 0.368 e. The number of piperazine rings is 1. The maximum absolute atomic E-state index is 14.1. The Hall–Kier alpha value is -2.80. The molecular formula is C27H27ClF2N2O2. The lowest BCUT2D eigenvalue weighted by atomic mass is 10.1. The number of benzene rings is 3. The number of halogens is 3. The summed E-state index contributed by atoms with van der Waals surface area (Å²) in [4.78, 5) is 16.5. The molecule has 3 aromatic rings. The average molecular weight is 485 g/mol. The number of ether oxygens (including phenoxy) is 1. The molecule has 1 aliphatic heterocycles. The smallest absolute Gasteiger partial charge is 0.257 e. The fraction of sp³-hybridized carbons (Fsp3) is 0.296. The minimum atomic E-state index is -1.10. The molecule has 4 nitrogen and oxygen atoms in total. The van der Waals surface area contributed by atoms with Crippen LogP contribution in [0.2, 0.25) is 5.02 Å². The van der Waals surface area contributed by atoms with Crippen molar-refractivity contribution in [3.8, 4) is 0 Å². The molecule has 0 spiro atoms. The lowest BCUT2D eigenvalue weighted by Crippen LogP contribution is -2.49. The van der Waals surface area contributed by atoms with Crippen LogP contribution in [-0.2, 0) is 11.3 Å². The Labute approximate surface area is 203 Å². The summed E-state index contributed by atoms with van der Waals surface area (Å²) in [7, 11) is 0. The molecule has 0 aromatic heterocycles. The van der Waals surface area contributed by atoms with Crippen LogP contribution < -0.4 is 0 Å². The molecule has 4 rings (SSSR count). The van der Waals surface area contributed by atoms with Gasteiger partial charge in [0, 0.05) is 37.7 Å². The highest BCUT2D eigenvalue weighted by Crippen LogP contribution is 2.24. The van der Waals surface area contributed by atoms with E-state index in [1.165, 1.54) is 17.7 Å². The number of hydrogen-bond donors (Lipinski definition) is 0. The molecular weight excluding hydrogens is 458 g/mol. The second-order valence-corrected chi connectivity index (χ2v) is 8.97. The highest BCUT2D eigenvalue weighted by molar-refractivity contribution is 6.30. The minimum Gasteiger partial charge on any atom is -0.368 e. The summed E-state index contributed by atoms with van der Waals surface area (Å²) in [6, 6.07) is 19.5. The van der Waals surface area contributed by atoms with Crippen LogP contribution >= 0.6 is 11.6 Å². The van der Waals surface area contributed by atoms with Crippen molar-refractivity contribution in [1.82, 2.24) is 9.80 Å². The van der Waals surface area contributed by atoms with Crippen LogP contribution in [0.4, 0.5) is 8.78 Å². The van der Waals surface area contributed by atoms with E-state index in [1.54, 1.807) is 4.90 Å². The third-order valence-corrected chi connectivity index (χ3v) is 6.29. The zero-order valence-electron chi connectivity index (χ0n) is 19.0. The van der Waals surface area contributed by atoms with Gasteiger partial charge < -0.3 is 9.64 Å². The summed E-state index contributed by atoms with van der Waals surface area (Å²) in [6.07, 6.45) is -0.180. The molecule has 0 aliphatic carbocycles. The van der Waals surface area contributed by atoms with Gasteiger partial charge in [-0.1, -0.05) is 59.6 Å². The van der Waals surface area contributed by atoms with Crippen molar-refractivity contribution >= 4 is 17.5 Å². The zero-order valence-corrected chi connectivity index (χ0v) is 19.8. The van der Waals surface area contributed by atoms with Gasteiger partial charge in [-0.05, 0) is 42.3 Å². The molecule has 3 aromatic carbocycles. The Balaban J connectivity index is 1.40. The Morgan fingerprint density at radius 2 is 1.71 bits per heavy atom. The zero-order chi connectivity index (χ0) is 24.1. The molecule has 1 aliphatic rings. The average Bonchev–Trinajstić information content (AvgIpc) is 2.84. The number of nitrogens with zero attached hydrogens (tertiary/aromatic N) is 2. The van der Waals surface area contributed by atoms with E-state index < -0.39 is 17.5 Å². The van der Waals surface area contributed by atoms with Gasteiger partial charge >= 0.3 is 0 Å². The first-order valence-electron chi connectivity index (χ1n) is 11.3. The number of carbonyl (C=O) groups is 1. The molecule has 0 unspecified atom stereocenters. The molecule has 1 atom stereocenters. The van der Waals surface area contributed by atoms with E-state index in [4.69, 9.17) is 16.3 Å². The Bertz CT molecular complexity index is 1130. The first kappa shape index (κ1) is 24.3. The Kier molecular flexibility index (Phi) is 7.93. The fourth-order valence-corrected chi connectivity index (χ4v) is 4.26. The Morgan fingerprint density at radius 3 is 2.41 bits per heavy atom. The van der Waals surface area contributed by atoms with E-state index in [9.17, 15) is 13.6 Å². The number of carbonyl (C=O) groups excluding carboxylic acids is 1. The van der Waals surface area contributed by atoms with Gasteiger partial charge in [-0.2, -0.15) is 0 Å². The molecule has 1 fully saturated rings. The van der Waals surface area contributed by atoms with Gasteiger partial charge in [-0.3, -0.25) is 9.69 Å². The molecule has 1 saturated heterocycles. The predicted octanol–water partition coefficient (Wildman–Crippen LogP) is 5.64. The fourth-order valence-electron chi connectivity index (χ4n) is 4.14. The first-order chi connectivity index (χ1) is 16.4. The quantitative estimate of drug-likeness (QED) is 0.435. The highest BCUT2D eigenvalue weighted by Gasteiger charge is 2.27. The second kappa shape index (κ2) is 11.1. The predicted molar refractivity (Wildman–Crippen MR) is 129 cm³/mol. The summed E-state index contributed by atoms with van der Waals surface area (Å²) in [5.41, 5.74) is 3.08. The summed E-state index contributed by atoms with van der Waals surface area (Å²) >= 11 is 6.08. The van der Waals surface area contributed by atoms with E-state index in [-0.39, 0.29) is 11.7 Å². The van der Waals surface area contributed by atoms with Gasteiger partial charge in [0.25, 0.3) is 5.91 Å². The van der Waals surface area contributed by atoms with E-state index in [0.717, 1.165) is 17.2 Å². The lowest BCUT2D eigenvalue weighted by molar-refractivity contribution is 0.00336. The maximum Gasteiger partial charge on any atom is 0.257 e. The van der Waals surface area contributed by atoms with E-state index in [1.807, 2.05) is 36.4 Å². The van der Waals surface area contributed by atoms with Crippen LogP contribution in [0.25, 0.3) is 0 Å². The van der Waals surface area contributed by atoms with Crippen LogP contribution in [0.15, 0.2) is 66.7 Å². The van der Waals surface area contributed by atoms with Crippen LogP contribution in [0.1, 0.15) is 33.2 Å². The van der Waals surface area contributed by atoms with Gasteiger partial charge in [-0.15, -0.1) is 0 Å². The first-order valence-corrected chi connectivity index (χ1v) is 11.7. The molecule has 0 N–H and O–H groups in total. The van der Waals surface area contributed by atoms with Crippen molar-refractivity contribution in [2.75, 3.05) is 32.7 Å². The number of hydrogen-bond acceptors (Lipinski definition) is 3. The standard InChI is InChI=1S/C27H27ClF2N2O2/c1-19-4-2-5-20(16-19)18-34-25(21-8-10-22(28)11-9-21)17-31-12-14-32(15-13-31)27(33)23-6-3-7-24(29)26(23)30/h2-11,16,25H,12-15,17-18H2,1H3/t25-/m1/s1. The molecule has 178 valence electrons. The minimum absolute atomic E-state index is 0.180. The normalized spacial score (nSPS) is 15.4. The van der Waals surface area contributed by atoms with Crippen LogP contribution in [0.5, 0.6) is 0 Å². The number of aryl methyl sites for hydroxylation is 1. The van der Waals surface area contributed by atoms with Crippen molar-refractivity contribution in [3.63, 3.8) is 0 Å². The van der Waals surface area contributed by atoms with Crippen molar-refractivity contribution < 1.29 is 18.3 Å². The van der Waals surface area contributed by atoms with E-state index in [2.05, 4.69) is 24.0 Å². The van der Waals surface area contributed by atoms with Crippen molar-refractivity contribution in [1.29, 1.82) is 0 Å². The topological polar surface area (TPSA) is 32.8 Å². The number of rotatable bonds is 7.